The lowest BCUT2D eigenvalue weighted by Gasteiger charge is -2.57. The molecule has 2 fully saturated rings. The van der Waals surface area contributed by atoms with Gasteiger partial charge < -0.3 is 0 Å². The highest BCUT2D eigenvalue weighted by Crippen LogP contribution is 2.66. The maximum Gasteiger partial charge on any atom is 0.156 e. The number of allylic oxidation sites excluding steroid dienone is 3. The van der Waals surface area contributed by atoms with Crippen LogP contribution in [0.4, 0.5) is 0 Å². The number of carbonyl (C=O) groups excluding carboxylic acids is 2. The van der Waals surface area contributed by atoms with E-state index < -0.39 is 10.8 Å². The first-order chi connectivity index (χ1) is 15.2. The molecule has 1 aromatic carbocycles. The summed E-state index contributed by atoms with van der Waals surface area (Å²) in [6.45, 7) is 6.40. The zero-order chi connectivity index (χ0) is 22.7. The van der Waals surface area contributed by atoms with Gasteiger partial charge in [-0.05, 0) is 97.8 Å². The van der Waals surface area contributed by atoms with Crippen molar-refractivity contribution in [3.05, 3.63) is 53.1 Å². The van der Waals surface area contributed by atoms with Crippen molar-refractivity contribution >= 4 is 22.4 Å². The molecule has 0 radical (unpaired) electrons. The van der Waals surface area contributed by atoms with Crippen molar-refractivity contribution in [2.75, 3.05) is 5.75 Å². The first-order valence-corrected chi connectivity index (χ1v) is 13.5. The molecule has 5 rings (SSSR count). The second-order valence-corrected chi connectivity index (χ2v) is 12.4. The zero-order valence-electron chi connectivity index (χ0n) is 19.5. The van der Waals surface area contributed by atoms with Gasteiger partial charge in [0.2, 0.25) is 0 Å². The summed E-state index contributed by atoms with van der Waals surface area (Å²) in [6, 6.07) is 9.64. The lowest BCUT2D eigenvalue weighted by atomic mass is 9.47. The molecule has 4 heteroatoms. The molecule has 0 aromatic heterocycles. The van der Waals surface area contributed by atoms with Gasteiger partial charge in [0.15, 0.2) is 11.6 Å². The van der Waals surface area contributed by atoms with Crippen molar-refractivity contribution in [3.63, 3.8) is 0 Å². The normalized spacial score (nSPS) is 37.3. The van der Waals surface area contributed by atoms with Gasteiger partial charge >= 0.3 is 0 Å². The Balaban J connectivity index is 1.46. The van der Waals surface area contributed by atoms with Crippen LogP contribution in [0, 0.1) is 28.6 Å². The van der Waals surface area contributed by atoms with Crippen LogP contribution in [0.1, 0.15) is 65.7 Å². The number of ketones is 2. The Morgan fingerprint density at radius 2 is 1.78 bits per heavy atom. The summed E-state index contributed by atoms with van der Waals surface area (Å²) in [5.41, 5.74) is 3.52. The number of Topliss-reactive ketones (excluding diaryl/α,β-unsaturated/α-hetero) is 1. The third-order valence-corrected chi connectivity index (χ3v) is 10.8. The summed E-state index contributed by atoms with van der Waals surface area (Å²) >= 11 is 0. The molecule has 0 N–H and O–H groups in total. The molecule has 2 saturated carbocycles. The van der Waals surface area contributed by atoms with E-state index in [4.69, 9.17) is 0 Å². The fraction of sp³-hybridized carbons (Fsp3) is 0.571. The van der Waals surface area contributed by atoms with E-state index in [2.05, 4.69) is 13.8 Å². The van der Waals surface area contributed by atoms with Gasteiger partial charge in [-0.25, -0.2) is 0 Å². The summed E-state index contributed by atoms with van der Waals surface area (Å²) in [5.74, 6) is 2.53. The molecule has 4 aliphatic carbocycles. The van der Waals surface area contributed by atoms with Gasteiger partial charge in [0.05, 0.1) is 10.8 Å². The van der Waals surface area contributed by atoms with E-state index in [9.17, 15) is 13.8 Å². The minimum absolute atomic E-state index is 0.106. The zero-order valence-corrected chi connectivity index (χ0v) is 20.3. The predicted octanol–water partition coefficient (Wildman–Crippen LogP) is 5.82. The highest BCUT2D eigenvalue weighted by Gasteiger charge is 2.58. The molecule has 0 aliphatic heterocycles. The molecule has 0 heterocycles. The molecule has 0 saturated heterocycles. The summed E-state index contributed by atoms with van der Waals surface area (Å²) in [5, 5.41) is 0. The van der Waals surface area contributed by atoms with E-state index in [1.807, 2.05) is 36.4 Å². The fourth-order valence-corrected chi connectivity index (χ4v) is 9.14. The molecular formula is C28H34O3S. The van der Waals surface area contributed by atoms with Crippen molar-refractivity contribution in [2.45, 2.75) is 70.6 Å². The van der Waals surface area contributed by atoms with Crippen LogP contribution in [0.2, 0.25) is 0 Å². The monoisotopic (exact) mass is 450 g/mol. The SMILES string of the molecule is CC(=O)C1=C(CS(=O)c2ccccc2)C[C@H]2[C@@H]3CCC4=CC(=O)CC[C@]4(C)[C@H]3CC[C@]12C. The summed E-state index contributed by atoms with van der Waals surface area (Å²) < 4.78 is 13.2. The first kappa shape index (κ1) is 22.0. The maximum atomic E-state index is 13.2. The van der Waals surface area contributed by atoms with Crippen LogP contribution < -0.4 is 0 Å². The van der Waals surface area contributed by atoms with Crippen LogP contribution in [0.5, 0.6) is 0 Å². The molecule has 4 aliphatic rings. The van der Waals surface area contributed by atoms with Crippen molar-refractivity contribution in [1.82, 2.24) is 0 Å². The van der Waals surface area contributed by atoms with Crippen molar-refractivity contribution in [3.8, 4) is 0 Å². The van der Waals surface area contributed by atoms with E-state index in [-0.39, 0.29) is 16.6 Å². The first-order valence-electron chi connectivity index (χ1n) is 12.1. The van der Waals surface area contributed by atoms with Crippen molar-refractivity contribution in [1.29, 1.82) is 0 Å². The lowest BCUT2D eigenvalue weighted by molar-refractivity contribution is -0.118. The predicted molar refractivity (Wildman–Crippen MR) is 128 cm³/mol. The Bertz CT molecular complexity index is 1050. The standard InChI is InChI=1S/C28H34O3S/c1-18(29)26-19(17-32(31)22-7-5-4-6-8-22)15-25-23-10-9-20-16-21(30)11-13-27(20,2)24(23)12-14-28(25,26)3/h4-8,16,23-25H,9-15,17H2,1-3H3/t23-,24+,25+,27+,28+,32?/m1/s1. The van der Waals surface area contributed by atoms with E-state index in [1.54, 1.807) is 6.92 Å². The van der Waals surface area contributed by atoms with E-state index >= 15 is 0 Å². The number of hydrogen-bond acceptors (Lipinski definition) is 3. The van der Waals surface area contributed by atoms with Crippen LogP contribution in [0.3, 0.4) is 0 Å². The lowest BCUT2D eigenvalue weighted by Crippen LogP contribution is -2.50. The smallest absolute Gasteiger partial charge is 0.156 e. The highest BCUT2D eigenvalue weighted by atomic mass is 32.2. The van der Waals surface area contributed by atoms with Gasteiger partial charge in [0.25, 0.3) is 0 Å². The minimum atomic E-state index is -1.13. The number of hydrogen-bond donors (Lipinski definition) is 0. The molecule has 1 unspecified atom stereocenters. The molecule has 32 heavy (non-hydrogen) atoms. The maximum absolute atomic E-state index is 13.2. The number of benzene rings is 1. The Labute approximate surface area is 194 Å². The molecule has 0 bridgehead atoms. The molecule has 0 spiro atoms. The quantitative estimate of drug-likeness (QED) is 0.581. The summed E-state index contributed by atoms with van der Waals surface area (Å²) in [4.78, 5) is 25.8. The van der Waals surface area contributed by atoms with Crippen LogP contribution >= 0.6 is 0 Å². The topological polar surface area (TPSA) is 51.2 Å². The van der Waals surface area contributed by atoms with Gasteiger partial charge in [0.1, 0.15) is 0 Å². The number of fused-ring (bicyclic) bond motifs is 5. The Morgan fingerprint density at radius 3 is 2.50 bits per heavy atom. The van der Waals surface area contributed by atoms with Crippen LogP contribution in [-0.4, -0.2) is 21.5 Å². The Kier molecular flexibility index (Phi) is 5.43. The van der Waals surface area contributed by atoms with Crippen LogP contribution in [0.25, 0.3) is 0 Å². The number of rotatable bonds is 4. The van der Waals surface area contributed by atoms with E-state index in [0.717, 1.165) is 54.6 Å². The average molecular weight is 451 g/mol. The van der Waals surface area contributed by atoms with E-state index in [0.29, 0.717) is 35.7 Å². The average Bonchev–Trinajstić information content (AvgIpc) is 3.06. The molecule has 170 valence electrons. The third-order valence-electron chi connectivity index (χ3n) is 9.41. The van der Waals surface area contributed by atoms with E-state index in [1.165, 1.54) is 5.57 Å². The molecule has 6 atom stereocenters. The van der Waals surface area contributed by atoms with Gasteiger partial charge in [-0.1, -0.05) is 37.6 Å². The van der Waals surface area contributed by atoms with Crippen molar-refractivity contribution in [2.24, 2.45) is 28.6 Å². The molecule has 0 amide bonds. The molecule has 3 nitrogen and oxygen atoms in total. The van der Waals surface area contributed by atoms with Crippen LogP contribution in [-0.2, 0) is 20.4 Å². The van der Waals surface area contributed by atoms with Gasteiger partial charge in [0, 0.05) is 22.6 Å². The number of carbonyl (C=O) groups is 2. The summed E-state index contributed by atoms with van der Waals surface area (Å²) in [7, 11) is -1.13. The Morgan fingerprint density at radius 1 is 1.03 bits per heavy atom. The van der Waals surface area contributed by atoms with Gasteiger partial charge in [-0.15, -0.1) is 0 Å². The van der Waals surface area contributed by atoms with Gasteiger partial charge in [-0.3, -0.25) is 13.8 Å². The fourth-order valence-electron chi connectivity index (χ4n) is 7.93. The third kappa shape index (κ3) is 3.32. The summed E-state index contributed by atoms with van der Waals surface area (Å²) in [6.07, 6.45) is 8.76. The second-order valence-electron chi connectivity index (χ2n) is 11.0. The van der Waals surface area contributed by atoms with Gasteiger partial charge in [-0.2, -0.15) is 0 Å². The second kappa shape index (κ2) is 7.90. The highest BCUT2D eigenvalue weighted by molar-refractivity contribution is 7.85. The molecule has 1 aromatic rings. The van der Waals surface area contributed by atoms with Crippen molar-refractivity contribution < 1.29 is 13.8 Å². The largest absolute Gasteiger partial charge is 0.295 e. The van der Waals surface area contributed by atoms with Crippen LogP contribution in [0.15, 0.2) is 58.0 Å². The Hall–Kier alpha value is -1.81. The minimum Gasteiger partial charge on any atom is -0.295 e. The molecular weight excluding hydrogens is 416 g/mol.